The first-order valence-corrected chi connectivity index (χ1v) is 17.5. The third-order valence-corrected chi connectivity index (χ3v) is 10.1. The van der Waals surface area contributed by atoms with Crippen molar-refractivity contribution in [2.45, 2.75) is 37.7 Å². The van der Waals surface area contributed by atoms with E-state index in [0.717, 1.165) is 27.2 Å². The first kappa shape index (κ1) is 34.8. The maximum absolute atomic E-state index is 12.4. The molecule has 1 aliphatic rings. The van der Waals surface area contributed by atoms with Crippen LogP contribution in [0.4, 0.5) is 0 Å². The summed E-state index contributed by atoms with van der Waals surface area (Å²) in [5, 5.41) is 14.0. The summed E-state index contributed by atoms with van der Waals surface area (Å²) in [6.07, 6.45) is 2.32. The normalized spacial score (nSPS) is 21.6. The second kappa shape index (κ2) is 14.2. The van der Waals surface area contributed by atoms with Crippen molar-refractivity contribution in [1.29, 1.82) is 0 Å². The van der Waals surface area contributed by atoms with Crippen molar-refractivity contribution in [3.63, 3.8) is 0 Å². The van der Waals surface area contributed by atoms with Gasteiger partial charge < -0.3 is 39.7 Å². The molecular weight excluding hydrogens is 665 g/mol. The number of aromatic nitrogens is 3. The Kier molecular flexibility index (Phi) is 11.0. The minimum Gasteiger partial charge on any atom is -0.390 e. The van der Waals surface area contributed by atoms with E-state index in [9.17, 15) is 43.0 Å². The van der Waals surface area contributed by atoms with E-state index in [4.69, 9.17) is 14.5 Å². The van der Waals surface area contributed by atoms with E-state index in [1.165, 1.54) is 12.2 Å². The van der Waals surface area contributed by atoms with Crippen LogP contribution in [0.3, 0.4) is 0 Å². The number of fused-ring (bicyclic) bond motifs is 1. The average molecular weight is 694 g/mol. The number of para-hydroxylation sites is 1. The summed E-state index contributed by atoms with van der Waals surface area (Å²) in [6, 6.07) is 7.71. The van der Waals surface area contributed by atoms with Crippen LogP contribution >= 0.6 is 23.5 Å². The number of nitrogens with one attached hydrogen (secondary N) is 3. The number of H-pyrrole nitrogens is 2. The van der Waals surface area contributed by atoms with Crippen LogP contribution in [0.25, 0.3) is 17.0 Å². The molecule has 1 aromatic carbocycles. The Labute approximate surface area is 252 Å². The average Bonchev–Trinajstić information content (AvgIpc) is 3.50. The standard InChI is InChI=1S/C23H29N4O15P3/c28-18-10-21(40-19(18)13-39-44(35,36)42-45(37,38)41-43(32,33)34)27-12-15(22(30)26-23(27)31)4-3-9-24-20(29)8-7-14-11-25-17-6-2-1-5-16(14)17/h1-6,11-12,18-19,21,25,28H,7-10,13H2,(H,24,29)(H,35,36)(H,37,38)(H,26,30,31)(H2,32,33,34). The van der Waals surface area contributed by atoms with Crippen molar-refractivity contribution in [2.75, 3.05) is 13.2 Å². The Morgan fingerprint density at radius 1 is 1.11 bits per heavy atom. The molecule has 3 heterocycles. The molecule has 0 saturated carbocycles. The molecule has 19 nitrogen and oxygen atoms in total. The number of rotatable bonds is 14. The largest absolute Gasteiger partial charge is 0.490 e. The Balaban J connectivity index is 1.31. The highest BCUT2D eigenvalue weighted by molar-refractivity contribution is 7.66. The maximum Gasteiger partial charge on any atom is 0.490 e. The van der Waals surface area contributed by atoms with Crippen LogP contribution in [-0.4, -0.2) is 70.5 Å². The Hall–Kier alpha value is -3.02. The summed E-state index contributed by atoms with van der Waals surface area (Å²) in [4.78, 5) is 78.3. The van der Waals surface area contributed by atoms with E-state index in [-0.39, 0.29) is 30.9 Å². The van der Waals surface area contributed by atoms with Gasteiger partial charge in [-0.1, -0.05) is 30.4 Å². The van der Waals surface area contributed by atoms with Crippen LogP contribution in [0.1, 0.15) is 30.2 Å². The molecule has 0 radical (unpaired) electrons. The molecule has 45 heavy (non-hydrogen) atoms. The summed E-state index contributed by atoms with van der Waals surface area (Å²) in [6.45, 7) is -0.862. The van der Waals surface area contributed by atoms with Gasteiger partial charge in [0.05, 0.1) is 18.3 Å². The van der Waals surface area contributed by atoms with Crippen LogP contribution in [-0.2, 0) is 42.8 Å². The number of nitrogens with zero attached hydrogens (tertiary/aromatic N) is 1. The molecule has 0 aliphatic carbocycles. The van der Waals surface area contributed by atoms with Crippen LogP contribution in [0.15, 0.2) is 52.3 Å². The number of carbonyl (C=O) groups excluding carboxylic acids is 1. The fourth-order valence-corrected chi connectivity index (χ4v) is 7.40. The van der Waals surface area contributed by atoms with E-state index in [0.29, 0.717) is 6.42 Å². The molecule has 22 heteroatoms. The quantitative estimate of drug-likeness (QED) is 0.108. The fraction of sp³-hybridized carbons (Fsp3) is 0.348. The lowest BCUT2D eigenvalue weighted by Gasteiger charge is -2.19. The van der Waals surface area contributed by atoms with Gasteiger partial charge in [0.15, 0.2) is 0 Å². The van der Waals surface area contributed by atoms with Gasteiger partial charge in [0.1, 0.15) is 12.3 Å². The second-order valence-corrected chi connectivity index (χ2v) is 14.1. The topological polar surface area (TPSA) is 289 Å². The van der Waals surface area contributed by atoms with E-state index in [1.54, 1.807) is 0 Å². The molecule has 3 aromatic rings. The van der Waals surface area contributed by atoms with Crippen molar-refractivity contribution < 1.29 is 61.1 Å². The van der Waals surface area contributed by atoms with Crippen molar-refractivity contribution in [2.24, 2.45) is 0 Å². The number of benzene rings is 1. The molecule has 0 spiro atoms. The van der Waals surface area contributed by atoms with Crippen LogP contribution in [0.5, 0.6) is 0 Å². The molecule has 1 aliphatic heterocycles. The van der Waals surface area contributed by atoms with Crippen LogP contribution < -0.4 is 16.6 Å². The summed E-state index contributed by atoms with van der Waals surface area (Å²) in [5.74, 6) is -0.223. The minimum absolute atomic E-state index is 0.00237. The van der Waals surface area contributed by atoms with E-state index in [1.807, 2.05) is 30.5 Å². The van der Waals surface area contributed by atoms with Gasteiger partial charge in [0.25, 0.3) is 5.56 Å². The number of hydrogen-bond donors (Lipinski definition) is 8. The van der Waals surface area contributed by atoms with Crippen LogP contribution in [0.2, 0.25) is 0 Å². The lowest BCUT2D eigenvalue weighted by Crippen LogP contribution is -2.33. The molecule has 0 bridgehead atoms. The number of carbonyl (C=O) groups is 1. The maximum atomic E-state index is 12.4. The Morgan fingerprint density at radius 3 is 2.58 bits per heavy atom. The minimum atomic E-state index is -5.74. The van der Waals surface area contributed by atoms with Crippen LogP contribution in [0, 0.1) is 0 Å². The molecular formula is C23H29N4O15P3. The number of aliphatic hydroxyl groups excluding tert-OH is 1. The number of aryl methyl sites for hydroxylation is 1. The van der Waals surface area contributed by atoms with Gasteiger partial charge in [-0.3, -0.25) is 23.7 Å². The highest BCUT2D eigenvalue weighted by atomic mass is 31.3. The SMILES string of the molecule is O=C(CCc1c[nH]c2ccccc12)NCC=Cc1cn(C2CC(O)C(COP(=O)(O)OP(=O)(O)OP(=O)(O)O)O2)c(=O)[nH]c1=O. The number of aromatic amines is 2. The molecule has 2 aromatic heterocycles. The first-order chi connectivity index (χ1) is 21.0. The van der Waals surface area contributed by atoms with Gasteiger partial charge in [0.2, 0.25) is 5.91 Å². The Bertz CT molecular complexity index is 1830. The number of hydrogen-bond acceptors (Lipinski definition) is 11. The van der Waals surface area contributed by atoms with Gasteiger partial charge in [-0.05, 0) is 18.1 Å². The zero-order chi connectivity index (χ0) is 33.0. The molecule has 5 atom stereocenters. The van der Waals surface area contributed by atoms with Crippen molar-refractivity contribution in [3.05, 3.63) is 74.7 Å². The monoisotopic (exact) mass is 694 g/mol. The van der Waals surface area contributed by atoms with Gasteiger partial charge >= 0.3 is 29.2 Å². The van der Waals surface area contributed by atoms with Gasteiger partial charge in [-0.2, -0.15) is 8.62 Å². The number of amides is 1. The lowest BCUT2D eigenvalue weighted by molar-refractivity contribution is -0.120. The van der Waals surface area contributed by atoms with E-state index in [2.05, 4.69) is 28.4 Å². The highest BCUT2D eigenvalue weighted by Gasteiger charge is 2.43. The molecule has 1 fully saturated rings. The zero-order valence-electron chi connectivity index (χ0n) is 23.0. The number of ether oxygens (including phenoxy) is 1. The molecule has 4 rings (SSSR count). The summed E-state index contributed by atoms with van der Waals surface area (Å²) in [7, 11) is -16.8. The molecule has 1 amide bonds. The van der Waals surface area contributed by atoms with Gasteiger partial charge in [-0.25, -0.2) is 18.5 Å². The van der Waals surface area contributed by atoms with Crippen molar-refractivity contribution >= 4 is 46.4 Å². The number of phosphoric acid groups is 3. The molecule has 5 unspecified atom stereocenters. The lowest BCUT2D eigenvalue weighted by atomic mass is 10.1. The summed E-state index contributed by atoms with van der Waals surface area (Å²) in [5.41, 5.74) is 0.311. The smallest absolute Gasteiger partial charge is 0.390 e. The van der Waals surface area contributed by atoms with Gasteiger partial charge in [0, 0.05) is 42.7 Å². The molecule has 8 N–H and O–H groups in total. The summed E-state index contributed by atoms with van der Waals surface area (Å²) < 4.78 is 52.3. The Morgan fingerprint density at radius 2 is 1.84 bits per heavy atom. The second-order valence-electron chi connectivity index (χ2n) is 9.64. The highest BCUT2D eigenvalue weighted by Crippen LogP contribution is 2.66. The van der Waals surface area contributed by atoms with Gasteiger partial charge in [-0.15, -0.1) is 0 Å². The predicted molar refractivity (Wildman–Crippen MR) is 154 cm³/mol. The zero-order valence-corrected chi connectivity index (χ0v) is 25.7. The van der Waals surface area contributed by atoms with E-state index < -0.39 is 59.8 Å². The van der Waals surface area contributed by atoms with Crippen molar-refractivity contribution in [1.82, 2.24) is 19.9 Å². The van der Waals surface area contributed by atoms with E-state index >= 15 is 0 Å². The fourth-order valence-electron chi connectivity index (χ4n) is 4.37. The summed E-state index contributed by atoms with van der Waals surface area (Å²) >= 11 is 0. The number of aliphatic hydroxyl groups is 1. The third-order valence-electron chi connectivity index (χ3n) is 6.34. The molecule has 1 saturated heterocycles. The number of phosphoric ester groups is 1. The first-order valence-electron chi connectivity index (χ1n) is 13.0. The third kappa shape index (κ3) is 9.98. The van der Waals surface area contributed by atoms with Crippen molar-refractivity contribution in [3.8, 4) is 0 Å². The predicted octanol–water partition coefficient (Wildman–Crippen LogP) is 0.772. The molecule has 246 valence electrons.